The molecule has 0 saturated carbocycles. The van der Waals surface area contributed by atoms with Gasteiger partial charge >= 0.3 is 0 Å². The van der Waals surface area contributed by atoms with Gasteiger partial charge < -0.3 is 4.57 Å². The van der Waals surface area contributed by atoms with Gasteiger partial charge in [0.1, 0.15) is 0 Å². The highest BCUT2D eigenvalue weighted by Crippen LogP contribution is 2.47. The first kappa shape index (κ1) is 36.5. The molecule has 3 unspecified atom stereocenters. The molecule has 3 heterocycles. The monoisotopic (exact) mass is 799 g/mol. The van der Waals surface area contributed by atoms with E-state index in [9.17, 15) is 0 Å². The van der Waals surface area contributed by atoms with E-state index in [2.05, 4.69) is 175 Å². The van der Waals surface area contributed by atoms with Gasteiger partial charge in [0.05, 0.1) is 22.1 Å². The van der Waals surface area contributed by atoms with Crippen LogP contribution in [0.25, 0.3) is 88.8 Å². The number of para-hydroxylation sites is 2. The van der Waals surface area contributed by atoms with Crippen LogP contribution in [0.4, 0.5) is 0 Å². The van der Waals surface area contributed by atoms with E-state index in [0.29, 0.717) is 29.4 Å². The Morgan fingerprint density at radius 3 is 1.79 bits per heavy atom. The predicted molar refractivity (Wildman–Crippen MR) is 258 cm³/mol. The molecule has 0 amide bonds. The van der Waals surface area contributed by atoms with Crippen molar-refractivity contribution in [2.24, 2.45) is 17.3 Å². The highest BCUT2D eigenvalue weighted by atomic mass is 15.2. The van der Waals surface area contributed by atoms with Gasteiger partial charge in [-0.3, -0.25) is 4.57 Å². The average Bonchev–Trinajstić information content (AvgIpc) is 3.82. The van der Waals surface area contributed by atoms with Crippen LogP contribution in [-0.4, -0.2) is 24.1 Å². The topological polar surface area (TPSA) is 48.5 Å². The van der Waals surface area contributed by atoms with Crippen molar-refractivity contribution in [1.82, 2.24) is 24.1 Å². The van der Waals surface area contributed by atoms with Crippen molar-refractivity contribution >= 4 is 60.1 Å². The second-order valence-corrected chi connectivity index (χ2v) is 17.6. The van der Waals surface area contributed by atoms with Crippen molar-refractivity contribution in [1.29, 1.82) is 0 Å². The molecule has 298 valence electrons. The summed E-state index contributed by atoms with van der Waals surface area (Å²) in [6, 6.07) is 47.5. The van der Waals surface area contributed by atoms with Crippen LogP contribution in [0.5, 0.6) is 0 Å². The minimum atomic E-state index is 0.0243. The van der Waals surface area contributed by atoms with Gasteiger partial charge in [0, 0.05) is 38.4 Å². The maximum absolute atomic E-state index is 5.21. The Balaban J connectivity index is 1.10. The molecule has 9 aromatic rings. The van der Waals surface area contributed by atoms with Gasteiger partial charge in [-0.15, -0.1) is 0 Å². The number of benzene rings is 6. The third-order valence-electron chi connectivity index (χ3n) is 13.5. The quantitative estimate of drug-likeness (QED) is 0.168. The first-order valence-electron chi connectivity index (χ1n) is 21.9. The lowest BCUT2D eigenvalue weighted by atomic mass is 9.67. The zero-order chi connectivity index (χ0) is 41.4. The lowest BCUT2D eigenvalue weighted by Crippen LogP contribution is -2.27. The number of aromatic nitrogens is 5. The molecule has 3 aliphatic rings. The maximum atomic E-state index is 5.21. The van der Waals surface area contributed by atoms with E-state index >= 15 is 0 Å². The van der Waals surface area contributed by atoms with Crippen molar-refractivity contribution < 1.29 is 0 Å². The van der Waals surface area contributed by atoms with E-state index in [1.807, 2.05) is 36.4 Å². The zero-order valence-corrected chi connectivity index (χ0v) is 34.9. The van der Waals surface area contributed by atoms with Crippen LogP contribution in [0.3, 0.4) is 0 Å². The number of nitrogens with zero attached hydrogens (tertiary/aromatic N) is 5. The van der Waals surface area contributed by atoms with Gasteiger partial charge in [-0.2, -0.15) is 9.97 Å². The van der Waals surface area contributed by atoms with E-state index in [4.69, 9.17) is 15.0 Å². The van der Waals surface area contributed by atoms with Crippen LogP contribution in [-0.2, 0) is 0 Å². The van der Waals surface area contributed by atoms with Crippen LogP contribution < -0.4 is 0 Å². The molecule has 5 heteroatoms. The highest BCUT2D eigenvalue weighted by molar-refractivity contribution is 6.18. The minimum absolute atomic E-state index is 0.0243. The lowest BCUT2D eigenvalue weighted by molar-refractivity contribution is 0.305. The van der Waals surface area contributed by atoms with Gasteiger partial charge in [0.25, 0.3) is 0 Å². The van der Waals surface area contributed by atoms with Crippen LogP contribution in [0.1, 0.15) is 33.1 Å². The summed E-state index contributed by atoms with van der Waals surface area (Å²) in [4.78, 5) is 15.4. The maximum Gasteiger partial charge on any atom is 0.238 e. The smallest absolute Gasteiger partial charge is 0.238 e. The number of allylic oxidation sites excluding steroid dienone is 12. The molecule has 0 aliphatic heterocycles. The summed E-state index contributed by atoms with van der Waals surface area (Å²) >= 11 is 0. The van der Waals surface area contributed by atoms with E-state index in [1.54, 1.807) is 0 Å². The van der Waals surface area contributed by atoms with E-state index in [0.717, 1.165) is 57.6 Å². The Bertz CT molecular complexity index is 3410. The second-order valence-electron chi connectivity index (χ2n) is 17.6. The number of fused-ring (bicyclic) bond motifs is 7. The standard InChI is InChI=1S/C57H45N5/c1-37-17-16-22-40(29-37)41-30-44(57(2)27-14-5-15-28-57)36-45(31-41)61-50-25-12-10-23-46(50)48-32-42-33-49-47-24-11-13-26-51(47)62(53(49)35-43(42)34-52(48)61)56-59-54(38-18-6-3-7-19-38)58-55(60-56)39-20-8-4-9-21-39/h3-27,31-37,44H,28-30H2,1-2H3. The molecule has 0 fully saturated rings. The fourth-order valence-corrected chi connectivity index (χ4v) is 10.2. The zero-order valence-electron chi connectivity index (χ0n) is 34.9. The molecule has 62 heavy (non-hydrogen) atoms. The molecule has 0 radical (unpaired) electrons. The van der Waals surface area contributed by atoms with Crippen molar-refractivity contribution in [2.45, 2.75) is 33.1 Å². The number of rotatable bonds is 6. The molecule has 0 saturated heterocycles. The van der Waals surface area contributed by atoms with Gasteiger partial charge in [-0.25, -0.2) is 4.98 Å². The Labute approximate surface area is 361 Å². The summed E-state index contributed by atoms with van der Waals surface area (Å²) in [5.74, 6) is 2.74. The molecule has 3 aliphatic carbocycles. The molecule has 12 rings (SSSR count). The van der Waals surface area contributed by atoms with Gasteiger partial charge in [0.2, 0.25) is 5.95 Å². The van der Waals surface area contributed by atoms with Crippen LogP contribution in [0.15, 0.2) is 199 Å². The molecular formula is C57H45N5. The molecule has 0 N–H and O–H groups in total. The Morgan fingerprint density at radius 2 is 1.16 bits per heavy atom. The number of hydrogen-bond acceptors (Lipinski definition) is 3. The largest absolute Gasteiger partial charge is 0.310 e. The van der Waals surface area contributed by atoms with Crippen LogP contribution >= 0.6 is 0 Å². The van der Waals surface area contributed by atoms with Crippen LogP contribution in [0, 0.1) is 17.3 Å². The summed E-state index contributed by atoms with van der Waals surface area (Å²) in [5, 5.41) is 7.21. The third kappa shape index (κ3) is 6.02. The summed E-state index contributed by atoms with van der Waals surface area (Å²) in [6.45, 7) is 4.77. The Kier molecular flexibility index (Phi) is 8.46. The van der Waals surface area contributed by atoms with Crippen molar-refractivity contribution in [2.75, 3.05) is 0 Å². The first-order chi connectivity index (χ1) is 30.5. The SMILES string of the molecule is CC1C=CC=C(C2=CC(n3c4ccccc4c4cc5cc6c7ccccc7n(-c7nc(-c8ccccc8)nc(-c8ccccc8)n7)c6cc5cc43)=CC(C3(C)C=CC=CC3)C2)C1. The van der Waals surface area contributed by atoms with Gasteiger partial charge in [-0.1, -0.05) is 160 Å². The Hall–Kier alpha value is -7.37. The molecule has 0 bridgehead atoms. The summed E-state index contributed by atoms with van der Waals surface area (Å²) in [5.41, 5.74) is 10.6. The molecule has 3 aromatic heterocycles. The Morgan fingerprint density at radius 1 is 0.565 bits per heavy atom. The second kappa shape index (κ2) is 14.4. The first-order valence-corrected chi connectivity index (χ1v) is 21.9. The van der Waals surface area contributed by atoms with E-state index in [-0.39, 0.29) is 5.41 Å². The van der Waals surface area contributed by atoms with Crippen molar-refractivity contribution in [3.8, 4) is 28.7 Å². The molecule has 3 atom stereocenters. The van der Waals surface area contributed by atoms with E-state index in [1.165, 1.54) is 44.0 Å². The third-order valence-corrected chi connectivity index (χ3v) is 13.5. The van der Waals surface area contributed by atoms with Crippen LogP contribution in [0.2, 0.25) is 0 Å². The summed E-state index contributed by atoms with van der Waals surface area (Å²) < 4.78 is 4.77. The fraction of sp³-hybridized carbons (Fsp3) is 0.140. The predicted octanol–water partition coefficient (Wildman–Crippen LogP) is 14.4. The number of hydrogen-bond donors (Lipinski definition) is 0. The van der Waals surface area contributed by atoms with Crippen molar-refractivity contribution in [3.63, 3.8) is 0 Å². The van der Waals surface area contributed by atoms with E-state index < -0.39 is 0 Å². The average molecular weight is 800 g/mol. The fourth-order valence-electron chi connectivity index (χ4n) is 10.2. The highest BCUT2D eigenvalue weighted by Gasteiger charge is 2.34. The minimum Gasteiger partial charge on any atom is -0.310 e. The normalized spacial score (nSPS) is 20.1. The molecular weight excluding hydrogens is 755 g/mol. The molecule has 5 nitrogen and oxygen atoms in total. The molecule has 6 aromatic carbocycles. The lowest BCUT2D eigenvalue weighted by Gasteiger charge is -2.38. The summed E-state index contributed by atoms with van der Waals surface area (Å²) in [7, 11) is 0. The van der Waals surface area contributed by atoms with Gasteiger partial charge in [-0.05, 0) is 101 Å². The molecule has 0 spiro atoms. The van der Waals surface area contributed by atoms with Gasteiger partial charge in [0.15, 0.2) is 11.6 Å². The summed E-state index contributed by atoms with van der Waals surface area (Å²) in [6.07, 6.45) is 24.4. The van der Waals surface area contributed by atoms with Crippen molar-refractivity contribution in [3.05, 3.63) is 199 Å².